The molecular weight excluding hydrogens is 267 g/mol. The van der Waals surface area contributed by atoms with E-state index >= 15 is 0 Å². The maximum Gasteiger partial charge on any atom is 0.416 e. The third kappa shape index (κ3) is 2.95. The van der Waals surface area contributed by atoms with Gasteiger partial charge in [-0.05, 0) is 18.2 Å². The molecule has 2 aromatic rings. The molecule has 1 aromatic heterocycles. The molecule has 1 aromatic carbocycles. The fraction of sp³-hybridized carbons (Fsp3) is 0.200. The second-order valence-corrected chi connectivity index (χ2v) is 4.93. The second kappa shape index (κ2) is 4.89. The van der Waals surface area contributed by atoms with E-state index in [9.17, 15) is 17.4 Å². The molecule has 0 spiro atoms. The van der Waals surface area contributed by atoms with Gasteiger partial charge in [-0.1, -0.05) is 6.07 Å². The van der Waals surface area contributed by atoms with Gasteiger partial charge in [0.2, 0.25) is 0 Å². The van der Waals surface area contributed by atoms with Crippen LogP contribution in [-0.2, 0) is 22.7 Å². The van der Waals surface area contributed by atoms with E-state index in [-0.39, 0.29) is 10.6 Å². The molecule has 1 atom stereocenters. The van der Waals surface area contributed by atoms with Gasteiger partial charge in [0, 0.05) is 4.90 Å². The van der Waals surface area contributed by atoms with E-state index in [0.717, 1.165) is 12.1 Å². The van der Waals surface area contributed by atoms with Crippen LogP contribution in [0.3, 0.4) is 0 Å². The number of nitrogens with one attached hydrogen (secondary N) is 1. The first-order valence-electron chi connectivity index (χ1n) is 4.87. The van der Waals surface area contributed by atoms with Crippen LogP contribution in [0.15, 0.2) is 35.4 Å². The zero-order chi connectivity index (χ0) is 13.2. The first kappa shape index (κ1) is 12.7. The molecule has 2 rings (SSSR count). The molecule has 0 amide bonds. The van der Waals surface area contributed by atoms with E-state index in [4.69, 9.17) is 0 Å². The van der Waals surface area contributed by atoms with E-state index < -0.39 is 22.5 Å². The Morgan fingerprint density at radius 2 is 2.11 bits per heavy atom. The Labute approximate surface area is 103 Å². The molecule has 0 fully saturated rings. The normalized spacial score (nSPS) is 13.5. The maximum absolute atomic E-state index is 12.5. The zero-order valence-corrected chi connectivity index (χ0v) is 9.76. The molecule has 0 aliphatic rings. The lowest BCUT2D eigenvalue weighted by Crippen LogP contribution is -2.06. The Morgan fingerprint density at radius 1 is 1.33 bits per heavy atom. The van der Waals surface area contributed by atoms with Crippen molar-refractivity contribution in [2.45, 2.75) is 16.8 Å². The standard InChI is InChI=1S/C10H8F3N3OS/c11-10(12,13)7-2-1-3-9(4-7)18(17)6-8-5-14-16-15-8/h1-5H,6H2,(H,14,15,16). The molecule has 1 heterocycles. The Hall–Kier alpha value is -1.70. The van der Waals surface area contributed by atoms with Crippen LogP contribution in [0.1, 0.15) is 11.3 Å². The van der Waals surface area contributed by atoms with Crippen LogP contribution in [-0.4, -0.2) is 19.6 Å². The van der Waals surface area contributed by atoms with Crippen molar-refractivity contribution in [2.75, 3.05) is 0 Å². The third-order valence-electron chi connectivity index (χ3n) is 2.17. The number of aromatic nitrogens is 3. The summed E-state index contributed by atoms with van der Waals surface area (Å²) in [7, 11) is -1.58. The monoisotopic (exact) mass is 275 g/mol. The van der Waals surface area contributed by atoms with E-state index in [1.165, 1.54) is 18.3 Å². The molecule has 1 N–H and O–H groups in total. The number of alkyl halides is 3. The van der Waals surface area contributed by atoms with Gasteiger partial charge < -0.3 is 0 Å². The average molecular weight is 275 g/mol. The third-order valence-corrected chi connectivity index (χ3v) is 3.51. The summed E-state index contributed by atoms with van der Waals surface area (Å²) in [6.07, 6.45) is -3.06. The van der Waals surface area contributed by atoms with Crippen LogP contribution in [0.25, 0.3) is 0 Å². The number of hydrogen-bond donors (Lipinski definition) is 1. The predicted octanol–water partition coefficient (Wildman–Crippen LogP) is 2.13. The first-order valence-corrected chi connectivity index (χ1v) is 6.19. The van der Waals surface area contributed by atoms with Crippen molar-refractivity contribution in [1.82, 2.24) is 15.4 Å². The molecule has 4 nitrogen and oxygen atoms in total. The largest absolute Gasteiger partial charge is 0.416 e. The fourth-order valence-corrected chi connectivity index (χ4v) is 2.39. The Kier molecular flexibility index (Phi) is 3.46. The quantitative estimate of drug-likeness (QED) is 0.933. The Balaban J connectivity index is 2.21. The summed E-state index contributed by atoms with van der Waals surface area (Å²) < 4.78 is 49.3. The van der Waals surface area contributed by atoms with Crippen LogP contribution in [0.5, 0.6) is 0 Å². The van der Waals surface area contributed by atoms with E-state index in [1.54, 1.807) is 0 Å². The first-order chi connectivity index (χ1) is 8.47. The number of rotatable bonds is 3. The van der Waals surface area contributed by atoms with E-state index in [0.29, 0.717) is 5.69 Å². The number of hydrogen-bond acceptors (Lipinski definition) is 3. The van der Waals surface area contributed by atoms with Crippen LogP contribution < -0.4 is 0 Å². The zero-order valence-electron chi connectivity index (χ0n) is 8.94. The SMILES string of the molecule is O=S(Cc1cn[nH]n1)c1cccc(C(F)(F)F)c1. The smallest absolute Gasteiger partial charge is 0.254 e. The van der Waals surface area contributed by atoms with Crippen LogP contribution in [0.4, 0.5) is 13.2 Å². The van der Waals surface area contributed by atoms with Crippen molar-refractivity contribution in [3.8, 4) is 0 Å². The summed E-state index contributed by atoms with van der Waals surface area (Å²) in [4.78, 5) is 0.118. The van der Waals surface area contributed by atoms with Gasteiger partial charge in [-0.25, -0.2) is 0 Å². The fourth-order valence-electron chi connectivity index (χ4n) is 1.33. The van der Waals surface area contributed by atoms with Gasteiger partial charge in [0.1, 0.15) is 0 Å². The highest BCUT2D eigenvalue weighted by Crippen LogP contribution is 2.30. The van der Waals surface area contributed by atoms with Gasteiger partial charge in [0.05, 0.1) is 34.0 Å². The minimum atomic E-state index is -4.44. The lowest BCUT2D eigenvalue weighted by molar-refractivity contribution is -0.137. The molecule has 8 heteroatoms. The van der Waals surface area contributed by atoms with Gasteiger partial charge in [0.15, 0.2) is 0 Å². The number of benzene rings is 1. The number of halogens is 3. The van der Waals surface area contributed by atoms with Crippen molar-refractivity contribution in [3.63, 3.8) is 0 Å². The lowest BCUT2D eigenvalue weighted by atomic mass is 10.2. The van der Waals surface area contributed by atoms with E-state index in [2.05, 4.69) is 15.4 Å². The van der Waals surface area contributed by atoms with E-state index in [1.807, 2.05) is 0 Å². The van der Waals surface area contributed by atoms with Crippen molar-refractivity contribution in [2.24, 2.45) is 0 Å². The summed E-state index contributed by atoms with van der Waals surface area (Å²) in [5, 5.41) is 9.58. The van der Waals surface area contributed by atoms with Crippen molar-refractivity contribution < 1.29 is 17.4 Å². The molecule has 96 valence electrons. The predicted molar refractivity (Wildman–Crippen MR) is 57.9 cm³/mol. The Morgan fingerprint density at radius 3 is 2.72 bits per heavy atom. The van der Waals surface area contributed by atoms with Crippen LogP contribution >= 0.6 is 0 Å². The second-order valence-electron chi connectivity index (χ2n) is 3.48. The summed E-state index contributed by atoms with van der Waals surface area (Å²) in [6, 6.07) is 4.46. The highest BCUT2D eigenvalue weighted by molar-refractivity contribution is 7.84. The minimum absolute atomic E-state index is 0.0256. The van der Waals surface area contributed by atoms with Crippen molar-refractivity contribution in [3.05, 3.63) is 41.7 Å². The van der Waals surface area contributed by atoms with Crippen LogP contribution in [0.2, 0.25) is 0 Å². The number of nitrogens with zero attached hydrogens (tertiary/aromatic N) is 2. The van der Waals surface area contributed by atoms with Gasteiger partial charge in [-0.15, -0.1) is 0 Å². The Bertz CT molecular complexity index is 554. The van der Waals surface area contributed by atoms with Crippen molar-refractivity contribution in [1.29, 1.82) is 0 Å². The molecular formula is C10H8F3N3OS. The molecule has 0 aliphatic carbocycles. The molecule has 0 saturated heterocycles. The lowest BCUT2D eigenvalue weighted by Gasteiger charge is -2.07. The highest BCUT2D eigenvalue weighted by atomic mass is 32.2. The van der Waals surface area contributed by atoms with Gasteiger partial charge in [-0.3, -0.25) is 4.21 Å². The number of aromatic amines is 1. The van der Waals surface area contributed by atoms with Gasteiger partial charge in [0.25, 0.3) is 0 Å². The van der Waals surface area contributed by atoms with Crippen molar-refractivity contribution >= 4 is 10.8 Å². The summed E-state index contributed by atoms with van der Waals surface area (Å²) in [5.74, 6) is 0.0256. The average Bonchev–Trinajstić information content (AvgIpc) is 2.81. The maximum atomic E-state index is 12.5. The number of H-pyrrole nitrogens is 1. The molecule has 1 unspecified atom stereocenters. The summed E-state index contributed by atoms with van der Waals surface area (Å²) >= 11 is 0. The van der Waals surface area contributed by atoms with Gasteiger partial charge in [-0.2, -0.15) is 28.6 Å². The molecule has 0 bridgehead atoms. The topological polar surface area (TPSA) is 58.6 Å². The summed E-state index contributed by atoms with van der Waals surface area (Å²) in [5.41, 5.74) is -0.376. The molecule has 0 radical (unpaired) electrons. The molecule has 0 saturated carbocycles. The van der Waals surface area contributed by atoms with Crippen LogP contribution in [0, 0.1) is 0 Å². The highest BCUT2D eigenvalue weighted by Gasteiger charge is 2.30. The van der Waals surface area contributed by atoms with Gasteiger partial charge >= 0.3 is 6.18 Å². The minimum Gasteiger partial charge on any atom is -0.254 e. The summed E-state index contributed by atoms with van der Waals surface area (Å²) in [6.45, 7) is 0. The molecule has 0 aliphatic heterocycles. The molecule has 18 heavy (non-hydrogen) atoms.